The molecule has 0 fully saturated rings. The number of rotatable bonds is 6. The van der Waals surface area contributed by atoms with E-state index in [1.807, 2.05) is 30.3 Å². The highest BCUT2D eigenvalue weighted by atomic mass is 16.5. The Labute approximate surface area is 182 Å². The average Bonchev–Trinajstić information content (AvgIpc) is 3.25. The maximum atomic E-state index is 5.93. The Bertz CT molecular complexity index is 1040. The standard InChI is InChI=1S/C24H26N4O3/c1-25-24(28-14-13-18-7-4-5-8-19(18)28)27-16-17-11-12-22(26-15-17)31-23-20(29-2)9-6-10-21(23)30-3/h4-12,15H,13-14,16H2,1-3H3,(H,25,27). The number of aliphatic imine (C=N–C) groups is 1. The normalized spacial score (nSPS) is 13.0. The molecule has 0 spiro atoms. The van der Waals surface area contributed by atoms with Gasteiger partial charge in [-0.25, -0.2) is 4.98 Å². The molecule has 160 valence electrons. The van der Waals surface area contributed by atoms with E-state index in [1.165, 1.54) is 11.3 Å². The maximum Gasteiger partial charge on any atom is 0.219 e. The minimum atomic E-state index is 0.462. The largest absolute Gasteiger partial charge is 0.493 e. The van der Waals surface area contributed by atoms with Crippen molar-refractivity contribution in [1.82, 2.24) is 10.3 Å². The quantitative estimate of drug-likeness (QED) is 0.482. The number of para-hydroxylation sites is 2. The molecule has 0 saturated heterocycles. The van der Waals surface area contributed by atoms with Gasteiger partial charge in [0, 0.05) is 38.1 Å². The van der Waals surface area contributed by atoms with Crippen molar-refractivity contribution < 1.29 is 14.2 Å². The zero-order valence-electron chi connectivity index (χ0n) is 18.0. The second-order valence-electron chi connectivity index (χ2n) is 7.03. The molecule has 0 unspecified atom stereocenters. The third-order valence-electron chi connectivity index (χ3n) is 5.19. The first kappa shape index (κ1) is 20.5. The molecule has 1 aliphatic rings. The summed E-state index contributed by atoms with van der Waals surface area (Å²) in [7, 11) is 4.99. The topological polar surface area (TPSA) is 68.2 Å². The number of fused-ring (bicyclic) bond motifs is 1. The van der Waals surface area contributed by atoms with Crippen molar-refractivity contribution in [3.05, 3.63) is 71.9 Å². The van der Waals surface area contributed by atoms with E-state index < -0.39 is 0 Å². The molecule has 3 aromatic rings. The van der Waals surface area contributed by atoms with Crippen LogP contribution in [0.4, 0.5) is 5.69 Å². The van der Waals surface area contributed by atoms with Gasteiger partial charge in [0.1, 0.15) is 0 Å². The first-order chi connectivity index (χ1) is 15.2. The lowest BCUT2D eigenvalue weighted by molar-refractivity contribution is 0.342. The van der Waals surface area contributed by atoms with Gasteiger partial charge >= 0.3 is 0 Å². The summed E-state index contributed by atoms with van der Waals surface area (Å²) in [5.74, 6) is 2.98. The van der Waals surface area contributed by atoms with Gasteiger partial charge in [0.25, 0.3) is 0 Å². The number of ether oxygens (including phenoxy) is 3. The van der Waals surface area contributed by atoms with Crippen LogP contribution in [-0.4, -0.2) is 38.8 Å². The number of benzene rings is 2. The van der Waals surface area contributed by atoms with Gasteiger partial charge in [-0.1, -0.05) is 30.3 Å². The van der Waals surface area contributed by atoms with Crippen LogP contribution in [-0.2, 0) is 13.0 Å². The van der Waals surface area contributed by atoms with Crippen molar-refractivity contribution in [3.63, 3.8) is 0 Å². The number of nitrogens with one attached hydrogen (secondary N) is 1. The van der Waals surface area contributed by atoms with Gasteiger partial charge in [-0.2, -0.15) is 0 Å². The summed E-state index contributed by atoms with van der Waals surface area (Å²) >= 11 is 0. The first-order valence-electron chi connectivity index (χ1n) is 10.1. The van der Waals surface area contributed by atoms with Crippen molar-refractivity contribution in [3.8, 4) is 23.1 Å². The molecule has 31 heavy (non-hydrogen) atoms. The van der Waals surface area contributed by atoms with Crippen LogP contribution in [0.5, 0.6) is 23.1 Å². The predicted molar refractivity (Wildman–Crippen MR) is 122 cm³/mol. The molecule has 1 N–H and O–H groups in total. The molecule has 0 radical (unpaired) electrons. The SMILES string of the molecule is CN=C(NCc1ccc(Oc2c(OC)cccc2OC)nc1)N1CCc2ccccc21. The van der Waals surface area contributed by atoms with Crippen LogP contribution >= 0.6 is 0 Å². The van der Waals surface area contributed by atoms with E-state index in [1.54, 1.807) is 27.5 Å². The number of hydrogen-bond donors (Lipinski definition) is 1. The number of guanidine groups is 1. The lowest BCUT2D eigenvalue weighted by atomic mass is 10.2. The average molecular weight is 418 g/mol. The number of methoxy groups -OCH3 is 2. The van der Waals surface area contributed by atoms with Crippen LogP contribution in [0.2, 0.25) is 0 Å². The maximum absolute atomic E-state index is 5.93. The Balaban J connectivity index is 1.42. The predicted octanol–water partition coefficient (Wildman–Crippen LogP) is 4.03. The minimum absolute atomic E-state index is 0.462. The smallest absolute Gasteiger partial charge is 0.219 e. The molecule has 1 aromatic heterocycles. The molecule has 2 heterocycles. The van der Waals surface area contributed by atoms with Crippen molar-refractivity contribution in [2.45, 2.75) is 13.0 Å². The van der Waals surface area contributed by atoms with Crippen molar-refractivity contribution in [2.24, 2.45) is 4.99 Å². The molecule has 0 atom stereocenters. The summed E-state index contributed by atoms with van der Waals surface area (Å²) < 4.78 is 16.7. The van der Waals surface area contributed by atoms with Gasteiger partial charge < -0.3 is 24.4 Å². The molecule has 7 heteroatoms. The summed E-state index contributed by atoms with van der Waals surface area (Å²) in [5, 5.41) is 3.43. The Morgan fingerprint density at radius 1 is 1.03 bits per heavy atom. The molecule has 0 bridgehead atoms. The molecule has 1 aliphatic heterocycles. The van der Waals surface area contributed by atoms with Crippen molar-refractivity contribution in [2.75, 3.05) is 32.7 Å². The number of hydrogen-bond acceptors (Lipinski definition) is 5. The molecule has 7 nitrogen and oxygen atoms in total. The number of aromatic nitrogens is 1. The summed E-state index contributed by atoms with van der Waals surface area (Å²) in [6.07, 6.45) is 2.81. The minimum Gasteiger partial charge on any atom is -0.493 e. The van der Waals surface area contributed by atoms with Gasteiger partial charge in [0.15, 0.2) is 17.5 Å². The number of pyridine rings is 1. The van der Waals surface area contributed by atoms with Crippen LogP contribution in [0, 0.1) is 0 Å². The van der Waals surface area contributed by atoms with E-state index in [9.17, 15) is 0 Å². The molecule has 0 aliphatic carbocycles. The highest BCUT2D eigenvalue weighted by Crippen LogP contribution is 2.39. The molecule has 0 amide bonds. The summed E-state index contributed by atoms with van der Waals surface area (Å²) in [6.45, 7) is 1.53. The molecule has 4 rings (SSSR count). The lowest BCUT2D eigenvalue weighted by Crippen LogP contribution is -2.40. The van der Waals surface area contributed by atoms with Gasteiger partial charge in [-0.15, -0.1) is 0 Å². The second kappa shape index (κ2) is 9.38. The van der Waals surface area contributed by atoms with E-state index in [2.05, 4.69) is 44.5 Å². The van der Waals surface area contributed by atoms with Gasteiger partial charge in [-0.3, -0.25) is 4.99 Å². The fraction of sp³-hybridized carbons (Fsp3) is 0.250. The molecular weight excluding hydrogens is 392 g/mol. The second-order valence-corrected chi connectivity index (χ2v) is 7.03. The fourth-order valence-corrected chi connectivity index (χ4v) is 3.63. The Kier molecular flexibility index (Phi) is 6.21. The molecular formula is C24H26N4O3. The van der Waals surface area contributed by atoms with Crippen LogP contribution in [0.15, 0.2) is 65.8 Å². The molecule has 2 aromatic carbocycles. The summed E-state index contributed by atoms with van der Waals surface area (Å²) in [5.41, 5.74) is 3.58. The van der Waals surface area contributed by atoms with E-state index in [-0.39, 0.29) is 0 Å². The van der Waals surface area contributed by atoms with Crippen LogP contribution in [0.25, 0.3) is 0 Å². The zero-order chi connectivity index (χ0) is 21.6. The van der Waals surface area contributed by atoms with E-state index >= 15 is 0 Å². The third-order valence-corrected chi connectivity index (χ3v) is 5.19. The van der Waals surface area contributed by atoms with E-state index in [0.29, 0.717) is 29.7 Å². The molecule has 0 saturated carbocycles. The van der Waals surface area contributed by atoms with Crippen LogP contribution < -0.4 is 24.4 Å². The van der Waals surface area contributed by atoms with Crippen LogP contribution in [0.3, 0.4) is 0 Å². The number of nitrogens with zero attached hydrogens (tertiary/aromatic N) is 3. The van der Waals surface area contributed by atoms with Gasteiger partial charge in [0.2, 0.25) is 11.6 Å². The van der Waals surface area contributed by atoms with Crippen molar-refractivity contribution in [1.29, 1.82) is 0 Å². The fourth-order valence-electron chi connectivity index (χ4n) is 3.63. The van der Waals surface area contributed by atoms with Crippen LogP contribution in [0.1, 0.15) is 11.1 Å². The van der Waals surface area contributed by atoms with Crippen molar-refractivity contribution >= 4 is 11.6 Å². The Hall–Kier alpha value is -3.74. The lowest BCUT2D eigenvalue weighted by Gasteiger charge is -2.22. The Morgan fingerprint density at radius 2 is 1.81 bits per heavy atom. The first-order valence-corrected chi connectivity index (χ1v) is 10.1. The number of anilines is 1. The Morgan fingerprint density at radius 3 is 2.48 bits per heavy atom. The highest BCUT2D eigenvalue weighted by Gasteiger charge is 2.22. The van der Waals surface area contributed by atoms with E-state index in [0.717, 1.165) is 24.5 Å². The van der Waals surface area contributed by atoms with E-state index in [4.69, 9.17) is 14.2 Å². The van der Waals surface area contributed by atoms with Gasteiger partial charge in [-0.05, 0) is 35.7 Å². The summed E-state index contributed by atoms with van der Waals surface area (Å²) in [6, 6.07) is 17.7. The third kappa shape index (κ3) is 4.40. The van der Waals surface area contributed by atoms with Gasteiger partial charge in [0.05, 0.1) is 14.2 Å². The zero-order valence-corrected chi connectivity index (χ0v) is 18.0. The monoisotopic (exact) mass is 418 g/mol. The summed E-state index contributed by atoms with van der Waals surface area (Å²) in [4.78, 5) is 11.1. The highest BCUT2D eigenvalue weighted by molar-refractivity contribution is 5.97.